The molecular formula is C24H28N2O6. The van der Waals surface area contributed by atoms with Crippen molar-refractivity contribution >= 4 is 17.7 Å². The molecule has 1 atom stereocenters. The van der Waals surface area contributed by atoms with Crippen LogP contribution in [0.4, 0.5) is 0 Å². The zero-order valence-corrected chi connectivity index (χ0v) is 18.9. The van der Waals surface area contributed by atoms with Crippen molar-refractivity contribution in [3.63, 3.8) is 0 Å². The van der Waals surface area contributed by atoms with Crippen molar-refractivity contribution < 1.29 is 28.6 Å². The van der Waals surface area contributed by atoms with Crippen LogP contribution in [-0.4, -0.2) is 50.0 Å². The number of carbonyl (C=O) groups excluding carboxylic acids is 3. The molecule has 0 fully saturated rings. The summed E-state index contributed by atoms with van der Waals surface area (Å²) in [4.78, 5) is 40.2. The number of fused-ring (bicyclic) bond motifs is 1. The molecule has 2 aromatic rings. The van der Waals surface area contributed by atoms with Gasteiger partial charge < -0.3 is 19.5 Å². The molecule has 1 heterocycles. The molecule has 1 N–H and O–H groups in total. The maximum Gasteiger partial charge on any atom is 0.262 e. The summed E-state index contributed by atoms with van der Waals surface area (Å²) in [7, 11) is 4.56. The highest BCUT2D eigenvalue weighted by atomic mass is 16.5. The first-order valence-corrected chi connectivity index (χ1v) is 10.4. The van der Waals surface area contributed by atoms with E-state index in [0.717, 1.165) is 4.90 Å². The highest BCUT2D eigenvalue weighted by molar-refractivity contribution is 6.22. The van der Waals surface area contributed by atoms with Gasteiger partial charge in [0.2, 0.25) is 5.91 Å². The predicted molar refractivity (Wildman–Crippen MR) is 118 cm³/mol. The van der Waals surface area contributed by atoms with E-state index in [2.05, 4.69) is 5.32 Å². The van der Waals surface area contributed by atoms with Crippen LogP contribution in [0, 0.1) is 5.92 Å². The van der Waals surface area contributed by atoms with Crippen LogP contribution in [0.1, 0.15) is 46.5 Å². The van der Waals surface area contributed by atoms with Gasteiger partial charge in [-0.15, -0.1) is 0 Å². The molecule has 3 rings (SSSR count). The number of methoxy groups -OCH3 is 3. The van der Waals surface area contributed by atoms with Crippen LogP contribution < -0.4 is 19.5 Å². The van der Waals surface area contributed by atoms with Gasteiger partial charge in [0.15, 0.2) is 0 Å². The Morgan fingerprint density at radius 3 is 1.91 bits per heavy atom. The summed E-state index contributed by atoms with van der Waals surface area (Å²) in [6, 6.07) is 9.07. The molecule has 32 heavy (non-hydrogen) atoms. The largest absolute Gasteiger partial charge is 0.496 e. The van der Waals surface area contributed by atoms with Crippen molar-refractivity contribution in [2.75, 3.05) is 21.3 Å². The van der Waals surface area contributed by atoms with E-state index in [1.807, 2.05) is 13.8 Å². The van der Waals surface area contributed by atoms with Gasteiger partial charge >= 0.3 is 0 Å². The van der Waals surface area contributed by atoms with Crippen molar-refractivity contribution in [2.45, 2.75) is 32.9 Å². The van der Waals surface area contributed by atoms with E-state index in [9.17, 15) is 14.4 Å². The van der Waals surface area contributed by atoms with Gasteiger partial charge in [0, 0.05) is 12.1 Å². The molecule has 170 valence electrons. The van der Waals surface area contributed by atoms with E-state index in [0.29, 0.717) is 40.4 Å². The van der Waals surface area contributed by atoms with Crippen molar-refractivity contribution in [3.8, 4) is 17.2 Å². The van der Waals surface area contributed by atoms with E-state index in [1.54, 1.807) is 36.4 Å². The van der Waals surface area contributed by atoms with Crippen molar-refractivity contribution in [2.24, 2.45) is 5.92 Å². The zero-order valence-electron chi connectivity index (χ0n) is 18.9. The number of benzene rings is 2. The van der Waals surface area contributed by atoms with E-state index in [-0.39, 0.29) is 12.5 Å². The smallest absolute Gasteiger partial charge is 0.262 e. The van der Waals surface area contributed by atoms with Crippen molar-refractivity contribution in [3.05, 3.63) is 53.1 Å². The molecule has 1 aliphatic heterocycles. The fourth-order valence-electron chi connectivity index (χ4n) is 3.81. The van der Waals surface area contributed by atoms with E-state index in [4.69, 9.17) is 14.2 Å². The van der Waals surface area contributed by atoms with Gasteiger partial charge in [0.1, 0.15) is 23.3 Å². The first kappa shape index (κ1) is 23.1. The summed E-state index contributed by atoms with van der Waals surface area (Å²) in [5.74, 6) is 0.285. The average Bonchev–Trinajstić information content (AvgIpc) is 3.05. The maximum absolute atomic E-state index is 13.2. The summed E-state index contributed by atoms with van der Waals surface area (Å²) in [6.07, 6.45) is 0.341. The number of hydrogen-bond donors (Lipinski definition) is 1. The molecule has 8 heteroatoms. The Kier molecular flexibility index (Phi) is 7.02. The number of imide groups is 1. The Labute approximate surface area is 187 Å². The maximum atomic E-state index is 13.2. The standard InChI is InChI=1S/C24H28N2O6/c1-14(2)10-19(26-23(28)16-8-6-7-9-17(16)24(26)29)22(27)25-13-18-20(31-4)11-15(30-3)12-21(18)32-5/h6-9,11-12,14,19H,10,13H2,1-5H3,(H,25,27)/t19-/m0/s1. The number of rotatable bonds is 9. The molecule has 3 amide bonds. The van der Waals surface area contributed by atoms with E-state index < -0.39 is 23.8 Å². The third-order valence-corrected chi connectivity index (χ3v) is 5.39. The van der Waals surface area contributed by atoms with Gasteiger partial charge in [0.25, 0.3) is 11.8 Å². The van der Waals surface area contributed by atoms with Gasteiger partial charge in [-0.3, -0.25) is 19.3 Å². The molecule has 0 saturated heterocycles. The van der Waals surface area contributed by atoms with Gasteiger partial charge in [-0.1, -0.05) is 26.0 Å². The Morgan fingerprint density at radius 1 is 0.938 bits per heavy atom. The lowest BCUT2D eigenvalue weighted by molar-refractivity contribution is -0.125. The second kappa shape index (κ2) is 9.72. The molecule has 0 radical (unpaired) electrons. The predicted octanol–water partition coefficient (Wildman–Crippen LogP) is 3.04. The lowest BCUT2D eigenvalue weighted by Crippen LogP contribution is -2.50. The van der Waals surface area contributed by atoms with Crippen LogP contribution in [-0.2, 0) is 11.3 Å². The summed E-state index contributed by atoms with van der Waals surface area (Å²) >= 11 is 0. The second-order valence-corrected chi connectivity index (χ2v) is 7.90. The van der Waals surface area contributed by atoms with E-state index in [1.165, 1.54) is 21.3 Å². The summed E-state index contributed by atoms with van der Waals surface area (Å²) in [5.41, 5.74) is 1.25. The molecular weight excluding hydrogens is 412 g/mol. The van der Waals surface area contributed by atoms with Gasteiger partial charge in [0.05, 0.1) is 44.6 Å². The summed E-state index contributed by atoms with van der Waals surface area (Å²) in [5, 5.41) is 2.85. The Balaban J connectivity index is 1.86. The number of nitrogens with zero attached hydrogens (tertiary/aromatic N) is 1. The fraction of sp³-hybridized carbons (Fsp3) is 0.375. The molecule has 0 saturated carbocycles. The van der Waals surface area contributed by atoms with Crippen LogP contribution in [0.2, 0.25) is 0 Å². The number of hydrogen-bond acceptors (Lipinski definition) is 6. The molecule has 2 aromatic carbocycles. The van der Waals surface area contributed by atoms with Crippen LogP contribution in [0.25, 0.3) is 0 Å². The molecule has 0 bridgehead atoms. The summed E-state index contributed by atoms with van der Waals surface area (Å²) < 4.78 is 16.1. The SMILES string of the molecule is COc1cc(OC)c(CNC(=O)[C@H](CC(C)C)N2C(=O)c3ccccc3C2=O)c(OC)c1. The molecule has 0 unspecified atom stereocenters. The Hall–Kier alpha value is -3.55. The van der Waals surface area contributed by atoms with Gasteiger partial charge in [-0.2, -0.15) is 0 Å². The molecule has 8 nitrogen and oxygen atoms in total. The molecule has 1 aliphatic rings. The minimum Gasteiger partial charge on any atom is -0.496 e. The van der Waals surface area contributed by atoms with Crippen LogP contribution in [0.5, 0.6) is 17.2 Å². The number of amides is 3. The molecule has 0 spiro atoms. The van der Waals surface area contributed by atoms with Gasteiger partial charge in [-0.05, 0) is 24.5 Å². The van der Waals surface area contributed by atoms with Crippen molar-refractivity contribution in [1.29, 1.82) is 0 Å². The number of nitrogens with one attached hydrogen (secondary N) is 1. The fourth-order valence-corrected chi connectivity index (χ4v) is 3.81. The highest BCUT2D eigenvalue weighted by Gasteiger charge is 2.42. The number of carbonyl (C=O) groups is 3. The van der Waals surface area contributed by atoms with Crippen LogP contribution in [0.15, 0.2) is 36.4 Å². The van der Waals surface area contributed by atoms with Gasteiger partial charge in [-0.25, -0.2) is 0 Å². The Bertz CT molecular complexity index is 973. The van der Waals surface area contributed by atoms with Crippen LogP contribution >= 0.6 is 0 Å². The second-order valence-electron chi connectivity index (χ2n) is 7.90. The third-order valence-electron chi connectivity index (χ3n) is 5.39. The first-order valence-electron chi connectivity index (χ1n) is 10.4. The number of ether oxygens (including phenoxy) is 3. The summed E-state index contributed by atoms with van der Waals surface area (Å²) in [6.45, 7) is 3.97. The minimum absolute atomic E-state index is 0.0834. The normalized spacial score (nSPS) is 13.8. The zero-order chi connectivity index (χ0) is 23.4. The van der Waals surface area contributed by atoms with Crippen molar-refractivity contribution in [1.82, 2.24) is 10.2 Å². The van der Waals surface area contributed by atoms with Crippen LogP contribution in [0.3, 0.4) is 0 Å². The lowest BCUT2D eigenvalue weighted by atomic mass is 10.0. The topological polar surface area (TPSA) is 94.2 Å². The molecule has 0 aromatic heterocycles. The monoisotopic (exact) mass is 440 g/mol. The quantitative estimate of drug-likeness (QED) is 0.603. The average molecular weight is 440 g/mol. The van der Waals surface area contributed by atoms with E-state index >= 15 is 0 Å². The highest BCUT2D eigenvalue weighted by Crippen LogP contribution is 2.34. The lowest BCUT2D eigenvalue weighted by Gasteiger charge is -2.27. The minimum atomic E-state index is -0.933. The first-order chi connectivity index (χ1) is 15.3. The Morgan fingerprint density at radius 2 is 1.47 bits per heavy atom. The molecule has 0 aliphatic carbocycles. The third kappa shape index (κ3) is 4.39.